The minimum Gasteiger partial charge on any atom is -0.478 e. The van der Waals surface area contributed by atoms with Gasteiger partial charge in [-0.3, -0.25) is 0 Å². The second kappa shape index (κ2) is 7.01. The molecule has 1 aromatic carbocycles. The van der Waals surface area contributed by atoms with Crippen molar-refractivity contribution >= 4 is 23.4 Å². The molecular formula is C13H17NO2S. The zero-order valence-electron chi connectivity index (χ0n) is 10.1. The van der Waals surface area contributed by atoms with Gasteiger partial charge >= 0.3 is 5.97 Å². The third kappa shape index (κ3) is 4.53. The second-order valence-corrected chi connectivity index (χ2v) is 4.38. The molecule has 0 aliphatic carbocycles. The van der Waals surface area contributed by atoms with Crippen LogP contribution in [0.4, 0.5) is 5.69 Å². The Labute approximate surface area is 106 Å². The molecule has 0 radical (unpaired) electrons. The van der Waals surface area contributed by atoms with E-state index in [4.69, 9.17) is 5.11 Å². The van der Waals surface area contributed by atoms with Crippen LogP contribution in [0, 0.1) is 0 Å². The fraction of sp³-hybridized carbons (Fsp3) is 0.308. The molecule has 0 amide bonds. The smallest absolute Gasteiger partial charge is 0.331 e. The molecule has 0 aromatic heterocycles. The van der Waals surface area contributed by atoms with Gasteiger partial charge in [0.05, 0.1) is 0 Å². The zero-order valence-corrected chi connectivity index (χ0v) is 10.9. The number of aliphatic carboxylic acids is 1. The van der Waals surface area contributed by atoms with E-state index in [0.29, 0.717) is 18.5 Å². The van der Waals surface area contributed by atoms with E-state index in [0.717, 1.165) is 5.69 Å². The molecule has 0 heterocycles. The molecule has 92 valence electrons. The number of anilines is 1. The Morgan fingerprint density at radius 1 is 1.53 bits per heavy atom. The molecule has 1 aromatic rings. The highest BCUT2D eigenvalue weighted by atomic mass is 32.2. The Morgan fingerprint density at radius 3 is 2.88 bits per heavy atom. The van der Waals surface area contributed by atoms with Gasteiger partial charge in [0.1, 0.15) is 0 Å². The Bertz CT molecular complexity index is 416. The van der Waals surface area contributed by atoms with E-state index < -0.39 is 5.97 Å². The highest BCUT2D eigenvalue weighted by Gasteiger charge is 2.02. The first-order valence-corrected chi connectivity index (χ1v) is 6.70. The van der Waals surface area contributed by atoms with E-state index in [-0.39, 0.29) is 0 Å². The third-order valence-corrected chi connectivity index (χ3v) is 3.11. The maximum Gasteiger partial charge on any atom is 0.331 e. The van der Waals surface area contributed by atoms with E-state index in [1.165, 1.54) is 4.90 Å². The van der Waals surface area contributed by atoms with Crippen LogP contribution in [-0.2, 0) is 4.79 Å². The summed E-state index contributed by atoms with van der Waals surface area (Å²) in [6, 6.07) is 8.04. The number of thioether (sulfide) groups is 1. The van der Waals surface area contributed by atoms with Gasteiger partial charge < -0.3 is 10.4 Å². The van der Waals surface area contributed by atoms with Gasteiger partial charge in [0, 0.05) is 22.7 Å². The Hall–Kier alpha value is -1.42. The van der Waals surface area contributed by atoms with Crippen LogP contribution in [0.15, 0.2) is 40.8 Å². The second-order valence-electron chi connectivity index (χ2n) is 3.50. The molecule has 17 heavy (non-hydrogen) atoms. The molecule has 0 aliphatic heterocycles. The first kappa shape index (κ1) is 13.6. The van der Waals surface area contributed by atoms with Crippen molar-refractivity contribution in [3.8, 4) is 0 Å². The van der Waals surface area contributed by atoms with Crippen LogP contribution >= 0.6 is 11.8 Å². The van der Waals surface area contributed by atoms with Gasteiger partial charge in [-0.15, -0.1) is 11.8 Å². The SMILES string of the molecule is CC/C(=C/CNc1cccc(SC)c1)C(=O)O. The molecule has 0 bridgehead atoms. The maximum absolute atomic E-state index is 10.8. The van der Waals surface area contributed by atoms with Gasteiger partial charge in [-0.2, -0.15) is 0 Å². The predicted molar refractivity (Wildman–Crippen MR) is 72.7 cm³/mol. The Morgan fingerprint density at radius 2 is 2.29 bits per heavy atom. The normalized spacial score (nSPS) is 11.3. The molecule has 0 spiro atoms. The third-order valence-electron chi connectivity index (χ3n) is 2.38. The number of carboxylic acid groups (broad SMARTS) is 1. The summed E-state index contributed by atoms with van der Waals surface area (Å²) in [7, 11) is 0. The lowest BCUT2D eigenvalue weighted by Gasteiger charge is -2.05. The molecule has 0 fully saturated rings. The van der Waals surface area contributed by atoms with Crippen LogP contribution in [0.3, 0.4) is 0 Å². The van der Waals surface area contributed by atoms with Gasteiger partial charge in [-0.05, 0) is 30.9 Å². The van der Waals surface area contributed by atoms with Gasteiger partial charge in [0.15, 0.2) is 0 Å². The molecule has 1 rings (SSSR count). The lowest BCUT2D eigenvalue weighted by molar-refractivity contribution is -0.132. The minimum atomic E-state index is -0.841. The van der Waals surface area contributed by atoms with Crippen molar-refractivity contribution in [3.05, 3.63) is 35.9 Å². The summed E-state index contributed by atoms with van der Waals surface area (Å²) in [5, 5.41) is 12.0. The highest BCUT2D eigenvalue weighted by molar-refractivity contribution is 7.98. The molecule has 3 nitrogen and oxygen atoms in total. The first-order chi connectivity index (χ1) is 8.17. The van der Waals surface area contributed by atoms with Crippen LogP contribution in [0.5, 0.6) is 0 Å². The van der Waals surface area contributed by atoms with E-state index >= 15 is 0 Å². The molecular weight excluding hydrogens is 234 g/mol. The summed E-state index contributed by atoms with van der Waals surface area (Å²) >= 11 is 1.68. The lowest BCUT2D eigenvalue weighted by atomic mass is 10.2. The molecule has 0 saturated heterocycles. The number of carboxylic acids is 1. The van der Waals surface area contributed by atoms with Gasteiger partial charge in [-0.1, -0.05) is 19.1 Å². The predicted octanol–water partition coefficient (Wildman–Crippen LogP) is 3.24. The number of hydrogen-bond donors (Lipinski definition) is 2. The largest absolute Gasteiger partial charge is 0.478 e. The van der Waals surface area contributed by atoms with Crippen LogP contribution in [0.25, 0.3) is 0 Å². The molecule has 0 aliphatic rings. The standard InChI is InChI=1S/C13H17NO2S/c1-3-10(13(15)16)7-8-14-11-5-4-6-12(9-11)17-2/h4-7,9,14H,3,8H2,1-2H3,(H,15,16)/b10-7-. The number of rotatable bonds is 6. The van der Waals surface area contributed by atoms with Gasteiger partial charge in [0.2, 0.25) is 0 Å². The average Bonchev–Trinajstić information content (AvgIpc) is 2.34. The van der Waals surface area contributed by atoms with Crippen LogP contribution in [0.1, 0.15) is 13.3 Å². The number of benzene rings is 1. The van der Waals surface area contributed by atoms with Crippen LogP contribution in [-0.4, -0.2) is 23.9 Å². The number of hydrogen-bond acceptors (Lipinski definition) is 3. The summed E-state index contributed by atoms with van der Waals surface area (Å²) in [4.78, 5) is 12.0. The summed E-state index contributed by atoms with van der Waals surface area (Å²) in [6.07, 6.45) is 4.29. The highest BCUT2D eigenvalue weighted by Crippen LogP contribution is 2.18. The Kier molecular flexibility index (Phi) is 5.63. The molecule has 4 heteroatoms. The van der Waals surface area contributed by atoms with E-state index in [2.05, 4.69) is 5.32 Å². The van der Waals surface area contributed by atoms with E-state index in [1.54, 1.807) is 17.8 Å². The Balaban J connectivity index is 2.58. The van der Waals surface area contributed by atoms with Crippen molar-refractivity contribution in [2.24, 2.45) is 0 Å². The number of nitrogens with one attached hydrogen (secondary N) is 1. The molecule has 0 saturated carbocycles. The van der Waals surface area contributed by atoms with Crippen LogP contribution in [0.2, 0.25) is 0 Å². The summed E-state index contributed by atoms with van der Waals surface area (Å²) in [5.41, 5.74) is 1.45. The van der Waals surface area contributed by atoms with Crippen molar-refractivity contribution in [2.45, 2.75) is 18.2 Å². The fourth-order valence-electron chi connectivity index (χ4n) is 1.41. The van der Waals surface area contributed by atoms with Gasteiger partial charge in [-0.25, -0.2) is 4.79 Å². The van der Waals surface area contributed by atoms with Crippen molar-refractivity contribution in [3.63, 3.8) is 0 Å². The van der Waals surface area contributed by atoms with Gasteiger partial charge in [0.25, 0.3) is 0 Å². The monoisotopic (exact) mass is 251 g/mol. The molecule has 2 N–H and O–H groups in total. The molecule has 0 atom stereocenters. The first-order valence-electron chi connectivity index (χ1n) is 5.47. The summed E-state index contributed by atoms with van der Waals surface area (Å²) in [6.45, 7) is 2.38. The van der Waals surface area contributed by atoms with E-state index in [9.17, 15) is 4.79 Å². The average molecular weight is 251 g/mol. The summed E-state index contributed by atoms with van der Waals surface area (Å²) < 4.78 is 0. The maximum atomic E-state index is 10.8. The summed E-state index contributed by atoms with van der Waals surface area (Å²) in [5.74, 6) is -0.841. The van der Waals surface area contributed by atoms with Crippen LogP contribution < -0.4 is 5.32 Å². The lowest BCUT2D eigenvalue weighted by Crippen LogP contribution is -2.04. The van der Waals surface area contributed by atoms with Crippen molar-refractivity contribution in [2.75, 3.05) is 18.1 Å². The van der Waals surface area contributed by atoms with E-state index in [1.807, 2.05) is 37.4 Å². The topological polar surface area (TPSA) is 49.3 Å². The van der Waals surface area contributed by atoms with Crippen molar-refractivity contribution in [1.82, 2.24) is 0 Å². The zero-order chi connectivity index (χ0) is 12.7. The quantitative estimate of drug-likeness (QED) is 0.602. The van der Waals surface area contributed by atoms with Crippen molar-refractivity contribution in [1.29, 1.82) is 0 Å². The van der Waals surface area contributed by atoms with Crippen molar-refractivity contribution < 1.29 is 9.90 Å². The number of carbonyl (C=O) groups is 1. The fourth-order valence-corrected chi connectivity index (χ4v) is 1.87. The molecule has 0 unspecified atom stereocenters. The minimum absolute atomic E-state index is 0.443.